The van der Waals surface area contributed by atoms with Crippen LogP contribution in [-0.4, -0.2) is 63.9 Å². The fourth-order valence-corrected chi connectivity index (χ4v) is 5.51. The van der Waals surface area contributed by atoms with E-state index in [1.165, 1.54) is 0 Å². The number of amides is 3. The lowest BCUT2D eigenvalue weighted by Gasteiger charge is -2.36. The van der Waals surface area contributed by atoms with Crippen LogP contribution in [0.15, 0.2) is 48.5 Å². The van der Waals surface area contributed by atoms with Crippen LogP contribution >= 0.6 is 12.6 Å². The van der Waals surface area contributed by atoms with Crippen molar-refractivity contribution < 1.29 is 28.7 Å². The van der Waals surface area contributed by atoms with Crippen LogP contribution in [0.25, 0.3) is 0 Å². The number of alkyl carbamates (subject to hydrolysis) is 1. The molecule has 0 radical (unpaired) electrons. The number of hydrogen-bond acceptors (Lipinski definition) is 7. The standard InChI is InChI=1S/C35H49N3O6S/c1-21-15-22(2)17-25(16-21)29(30(39)36-26(32(41)43-34(4,5)6)19-24-13-11-10-12-14-24)38(28-18-23(28)3)31(40)27(20-45)37-33(42)44-35(7,8)9/h10-17,23,26-29,45H,18-20H2,1-9H3,(H,36,39)(H,37,42). The van der Waals surface area contributed by atoms with Gasteiger partial charge in [0.25, 0.3) is 0 Å². The number of ether oxygens (including phenoxy) is 2. The summed E-state index contributed by atoms with van der Waals surface area (Å²) >= 11 is 4.39. The van der Waals surface area contributed by atoms with E-state index in [0.29, 0.717) is 12.0 Å². The number of esters is 1. The molecule has 0 heterocycles. The van der Waals surface area contributed by atoms with Crippen molar-refractivity contribution in [3.8, 4) is 0 Å². The fourth-order valence-electron chi connectivity index (χ4n) is 5.26. The summed E-state index contributed by atoms with van der Waals surface area (Å²) < 4.78 is 11.1. The van der Waals surface area contributed by atoms with E-state index in [0.717, 1.165) is 16.7 Å². The second-order valence-electron chi connectivity index (χ2n) is 14.0. The first kappa shape index (κ1) is 35.9. The Hall–Kier alpha value is -3.53. The Labute approximate surface area is 273 Å². The third kappa shape index (κ3) is 10.8. The molecule has 5 unspecified atom stereocenters. The van der Waals surface area contributed by atoms with Crippen LogP contribution in [0.1, 0.15) is 83.2 Å². The highest BCUT2D eigenvalue weighted by molar-refractivity contribution is 7.80. The SMILES string of the molecule is Cc1cc(C)cc(C(C(=O)NC(Cc2ccccc2)C(=O)OC(C)(C)C)N(C(=O)C(CS)NC(=O)OC(C)(C)C)C2CC2C)c1. The lowest BCUT2D eigenvalue weighted by Crippen LogP contribution is -2.56. The minimum Gasteiger partial charge on any atom is -0.458 e. The summed E-state index contributed by atoms with van der Waals surface area (Å²) in [6.07, 6.45) is 0.138. The molecule has 10 heteroatoms. The number of carbonyl (C=O) groups excluding carboxylic acids is 4. The summed E-state index contributed by atoms with van der Waals surface area (Å²) in [5.41, 5.74) is 1.75. The van der Waals surface area contributed by atoms with Crippen molar-refractivity contribution in [2.24, 2.45) is 5.92 Å². The first-order chi connectivity index (χ1) is 20.9. The van der Waals surface area contributed by atoms with Gasteiger partial charge in [-0.3, -0.25) is 9.59 Å². The molecule has 246 valence electrons. The fraction of sp³-hybridized carbons (Fsp3) is 0.543. The topological polar surface area (TPSA) is 114 Å². The van der Waals surface area contributed by atoms with Gasteiger partial charge in [-0.1, -0.05) is 66.6 Å². The number of carbonyl (C=O) groups is 4. The molecule has 0 bridgehead atoms. The zero-order valence-electron chi connectivity index (χ0n) is 28.0. The van der Waals surface area contributed by atoms with Gasteiger partial charge in [0, 0.05) is 18.2 Å². The summed E-state index contributed by atoms with van der Waals surface area (Å²) in [6, 6.07) is 11.7. The van der Waals surface area contributed by atoms with E-state index in [9.17, 15) is 19.2 Å². The highest BCUT2D eigenvalue weighted by Crippen LogP contribution is 2.41. The molecular formula is C35H49N3O6S. The number of nitrogens with zero attached hydrogens (tertiary/aromatic N) is 1. The first-order valence-electron chi connectivity index (χ1n) is 15.5. The van der Waals surface area contributed by atoms with E-state index in [1.807, 2.05) is 69.3 Å². The second kappa shape index (κ2) is 14.7. The van der Waals surface area contributed by atoms with E-state index in [-0.39, 0.29) is 24.1 Å². The van der Waals surface area contributed by atoms with Gasteiger partial charge in [0.15, 0.2) is 0 Å². The molecule has 0 spiro atoms. The van der Waals surface area contributed by atoms with Crippen molar-refractivity contribution in [1.82, 2.24) is 15.5 Å². The average molecular weight is 640 g/mol. The van der Waals surface area contributed by atoms with Crippen molar-refractivity contribution >= 4 is 36.5 Å². The molecule has 45 heavy (non-hydrogen) atoms. The Morgan fingerprint density at radius 2 is 1.44 bits per heavy atom. The van der Waals surface area contributed by atoms with Crippen LogP contribution < -0.4 is 10.6 Å². The van der Waals surface area contributed by atoms with Gasteiger partial charge in [-0.25, -0.2) is 9.59 Å². The zero-order valence-corrected chi connectivity index (χ0v) is 28.9. The third-order valence-corrected chi connectivity index (χ3v) is 7.59. The van der Waals surface area contributed by atoms with E-state index in [4.69, 9.17) is 9.47 Å². The Morgan fingerprint density at radius 1 is 0.889 bits per heavy atom. The highest BCUT2D eigenvalue weighted by atomic mass is 32.1. The molecule has 1 saturated carbocycles. The van der Waals surface area contributed by atoms with E-state index in [1.54, 1.807) is 46.4 Å². The summed E-state index contributed by atoms with van der Waals surface area (Å²) in [5, 5.41) is 5.60. The molecule has 1 fully saturated rings. The molecule has 3 rings (SSSR count). The molecular weight excluding hydrogens is 590 g/mol. The Balaban J connectivity index is 2.06. The van der Waals surface area contributed by atoms with Crippen molar-refractivity contribution in [1.29, 1.82) is 0 Å². The number of thiol groups is 1. The van der Waals surface area contributed by atoms with Crippen molar-refractivity contribution in [3.63, 3.8) is 0 Å². The summed E-state index contributed by atoms with van der Waals surface area (Å²) in [7, 11) is 0. The van der Waals surface area contributed by atoms with Gasteiger partial charge in [-0.05, 0) is 78.9 Å². The summed E-state index contributed by atoms with van der Waals surface area (Å²) in [5.74, 6) is -1.43. The average Bonchev–Trinajstić information content (AvgIpc) is 3.62. The first-order valence-corrected chi connectivity index (χ1v) is 16.1. The molecule has 1 aliphatic carbocycles. The Kier molecular flexibility index (Phi) is 11.7. The van der Waals surface area contributed by atoms with Crippen LogP contribution in [-0.2, 0) is 30.3 Å². The monoisotopic (exact) mass is 639 g/mol. The maximum absolute atomic E-state index is 14.5. The number of rotatable bonds is 11. The zero-order chi connectivity index (χ0) is 33.7. The molecule has 3 amide bonds. The molecule has 0 aliphatic heterocycles. The summed E-state index contributed by atoms with van der Waals surface area (Å²) in [4.78, 5) is 56.6. The van der Waals surface area contributed by atoms with Crippen LogP contribution in [0, 0.1) is 19.8 Å². The van der Waals surface area contributed by atoms with Gasteiger partial charge in [-0.15, -0.1) is 0 Å². The number of nitrogens with one attached hydrogen (secondary N) is 2. The maximum Gasteiger partial charge on any atom is 0.408 e. The minimum atomic E-state index is -1.09. The number of aryl methyl sites for hydroxylation is 2. The Bertz CT molecular complexity index is 1350. The van der Waals surface area contributed by atoms with Gasteiger partial charge >= 0.3 is 12.1 Å². The highest BCUT2D eigenvalue weighted by Gasteiger charge is 2.48. The smallest absolute Gasteiger partial charge is 0.408 e. The van der Waals surface area contributed by atoms with Crippen LogP contribution in [0.2, 0.25) is 0 Å². The van der Waals surface area contributed by atoms with Crippen molar-refractivity contribution in [3.05, 3.63) is 70.8 Å². The molecule has 2 N–H and O–H groups in total. The third-order valence-electron chi connectivity index (χ3n) is 7.23. The van der Waals surface area contributed by atoms with Gasteiger partial charge in [0.1, 0.15) is 29.3 Å². The van der Waals surface area contributed by atoms with E-state index < -0.39 is 53.2 Å². The van der Waals surface area contributed by atoms with Crippen molar-refractivity contribution in [2.75, 3.05) is 5.75 Å². The molecule has 2 aromatic carbocycles. The molecule has 0 saturated heterocycles. The van der Waals surface area contributed by atoms with Crippen LogP contribution in [0.5, 0.6) is 0 Å². The lowest BCUT2D eigenvalue weighted by molar-refractivity contribution is -0.159. The molecule has 2 aromatic rings. The lowest BCUT2D eigenvalue weighted by atomic mass is 9.97. The van der Waals surface area contributed by atoms with Gasteiger partial charge in [0.2, 0.25) is 11.8 Å². The molecule has 5 atom stereocenters. The van der Waals surface area contributed by atoms with Gasteiger partial charge in [-0.2, -0.15) is 12.6 Å². The molecule has 1 aliphatic rings. The van der Waals surface area contributed by atoms with Gasteiger partial charge < -0.3 is 25.0 Å². The van der Waals surface area contributed by atoms with Crippen molar-refractivity contribution in [2.45, 2.75) is 111 Å². The van der Waals surface area contributed by atoms with E-state index in [2.05, 4.69) is 23.3 Å². The summed E-state index contributed by atoms with van der Waals surface area (Å²) in [6.45, 7) is 16.4. The minimum absolute atomic E-state index is 0.00853. The van der Waals surface area contributed by atoms with E-state index >= 15 is 0 Å². The number of hydrogen-bond donors (Lipinski definition) is 3. The quantitative estimate of drug-likeness (QED) is 0.222. The maximum atomic E-state index is 14.5. The van der Waals surface area contributed by atoms with Crippen LogP contribution in [0.3, 0.4) is 0 Å². The number of benzene rings is 2. The normalized spacial score (nSPS) is 18.2. The molecule has 0 aromatic heterocycles. The van der Waals surface area contributed by atoms with Gasteiger partial charge in [0.05, 0.1) is 0 Å². The predicted molar refractivity (Wildman–Crippen MR) is 178 cm³/mol. The molecule has 9 nitrogen and oxygen atoms in total. The second-order valence-corrected chi connectivity index (χ2v) is 14.4. The predicted octanol–water partition coefficient (Wildman–Crippen LogP) is 5.47. The van der Waals surface area contributed by atoms with Crippen LogP contribution in [0.4, 0.5) is 4.79 Å². The Morgan fingerprint density at radius 3 is 1.93 bits per heavy atom. The largest absolute Gasteiger partial charge is 0.458 e.